The first-order chi connectivity index (χ1) is 13.3. The van der Waals surface area contributed by atoms with Gasteiger partial charge in [0.2, 0.25) is 0 Å². The zero-order chi connectivity index (χ0) is 18.5. The molecule has 133 valence electrons. The number of fused-ring (bicyclic) bond motifs is 1. The van der Waals surface area contributed by atoms with Gasteiger partial charge in [-0.05, 0) is 35.9 Å². The molecule has 2 aromatic carbocycles. The van der Waals surface area contributed by atoms with Gasteiger partial charge in [0.25, 0.3) is 0 Å². The zero-order valence-corrected chi connectivity index (χ0v) is 15.0. The molecule has 2 heterocycles. The van der Waals surface area contributed by atoms with Crippen molar-refractivity contribution in [3.63, 3.8) is 0 Å². The van der Waals surface area contributed by atoms with Gasteiger partial charge < -0.3 is 10.1 Å². The Morgan fingerprint density at radius 2 is 2.04 bits per heavy atom. The van der Waals surface area contributed by atoms with Crippen LogP contribution >= 0.6 is 0 Å². The SMILES string of the molecule is COc1ccc(/C=C/CNc2cccc(-c3ccnc4[c]cnn34)c2)cc1. The first-order valence-corrected chi connectivity index (χ1v) is 8.69. The number of anilines is 1. The van der Waals surface area contributed by atoms with Gasteiger partial charge in [-0.1, -0.05) is 36.4 Å². The smallest absolute Gasteiger partial charge is 0.163 e. The van der Waals surface area contributed by atoms with E-state index >= 15 is 0 Å². The summed E-state index contributed by atoms with van der Waals surface area (Å²) in [7, 11) is 1.67. The van der Waals surface area contributed by atoms with Crippen LogP contribution in [0.3, 0.4) is 0 Å². The van der Waals surface area contributed by atoms with E-state index in [1.807, 2.05) is 36.4 Å². The van der Waals surface area contributed by atoms with Crippen molar-refractivity contribution in [3.05, 3.63) is 84.7 Å². The van der Waals surface area contributed by atoms with Crippen LogP contribution in [0.2, 0.25) is 0 Å². The summed E-state index contributed by atoms with van der Waals surface area (Å²) in [5.41, 5.74) is 4.96. The second-order valence-electron chi connectivity index (χ2n) is 5.99. The average Bonchev–Trinajstić information content (AvgIpc) is 3.21. The number of methoxy groups -OCH3 is 1. The molecule has 0 spiro atoms. The van der Waals surface area contributed by atoms with E-state index in [1.54, 1.807) is 24.0 Å². The van der Waals surface area contributed by atoms with Gasteiger partial charge in [-0.3, -0.25) is 0 Å². The summed E-state index contributed by atoms with van der Waals surface area (Å²) in [6.07, 6.45) is 7.60. The molecule has 4 aromatic rings. The minimum atomic E-state index is 0.716. The molecule has 27 heavy (non-hydrogen) atoms. The van der Waals surface area contributed by atoms with E-state index in [0.29, 0.717) is 5.65 Å². The van der Waals surface area contributed by atoms with Crippen LogP contribution in [-0.2, 0) is 0 Å². The van der Waals surface area contributed by atoms with Crippen LogP contribution in [0, 0.1) is 6.07 Å². The molecule has 0 saturated heterocycles. The predicted molar refractivity (Wildman–Crippen MR) is 108 cm³/mol. The maximum Gasteiger partial charge on any atom is 0.163 e. The van der Waals surface area contributed by atoms with Gasteiger partial charge in [0, 0.05) is 24.0 Å². The molecule has 5 nitrogen and oxygen atoms in total. The highest BCUT2D eigenvalue weighted by Gasteiger charge is 2.05. The van der Waals surface area contributed by atoms with Gasteiger partial charge in [-0.15, -0.1) is 0 Å². The Morgan fingerprint density at radius 1 is 1.15 bits per heavy atom. The van der Waals surface area contributed by atoms with E-state index in [4.69, 9.17) is 4.74 Å². The van der Waals surface area contributed by atoms with Crippen LogP contribution in [0.5, 0.6) is 5.75 Å². The molecule has 0 atom stereocenters. The summed E-state index contributed by atoms with van der Waals surface area (Å²) >= 11 is 0. The second kappa shape index (κ2) is 7.74. The maximum absolute atomic E-state index is 5.17. The van der Waals surface area contributed by atoms with Crippen LogP contribution < -0.4 is 10.1 Å². The summed E-state index contributed by atoms with van der Waals surface area (Å²) in [5.74, 6) is 0.863. The highest BCUT2D eigenvalue weighted by molar-refractivity contribution is 5.67. The fourth-order valence-corrected chi connectivity index (χ4v) is 2.87. The van der Waals surface area contributed by atoms with E-state index in [-0.39, 0.29) is 0 Å². The standard InChI is InChI=1S/C22H19N4O/c1-27-20-9-7-17(8-10-20)4-3-13-23-19-6-2-5-18(16-19)21-11-14-24-22-12-15-25-26(21)22/h2-11,14-16,23H,13H2,1H3/b4-3+. The molecular weight excluding hydrogens is 336 g/mol. The highest BCUT2D eigenvalue weighted by Crippen LogP contribution is 2.22. The first kappa shape index (κ1) is 16.8. The number of nitrogens with zero attached hydrogens (tertiary/aromatic N) is 3. The normalized spacial score (nSPS) is 11.1. The Labute approximate surface area is 158 Å². The van der Waals surface area contributed by atoms with Crippen molar-refractivity contribution in [2.45, 2.75) is 0 Å². The molecular formula is C22H19N4O. The van der Waals surface area contributed by atoms with Crippen LogP contribution in [0.1, 0.15) is 5.56 Å². The summed E-state index contributed by atoms with van der Waals surface area (Å²) in [6, 6.07) is 21.2. The molecule has 0 saturated carbocycles. The molecule has 4 rings (SSSR count). The third-order valence-electron chi connectivity index (χ3n) is 4.23. The minimum absolute atomic E-state index is 0.716. The number of hydrogen-bond acceptors (Lipinski definition) is 4. The topological polar surface area (TPSA) is 51.5 Å². The molecule has 0 amide bonds. The fourth-order valence-electron chi connectivity index (χ4n) is 2.87. The lowest BCUT2D eigenvalue weighted by atomic mass is 10.1. The monoisotopic (exact) mass is 355 g/mol. The van der Waals surface area contributed by atoms with Gasteiger partial charge in [-0.2, -0.15) is 5.10 Å². The van der Waals surface area contributed by atoms with E-state index in [1.165, 1.54) is 0 Å². The van der Waals surface area contributed by atoms with Gasteiger partial charge >= 0.3 is 0 Å². The quantitative estimate of drug-likeness (QED) is 0.559. The van der Waals surface area contributed by atoms with Crippen LogP contribution in [0.4, 0.5) is 5.69 Å². The third-order valence-corrected chi connectivity index (χ3v) is 4.23. The second-order valence-corrected chi connectivity index (χ2v) is 5.99. The molecule has 2 aromatic heterocycles. The Morgan fingerprint density at radius 3 is 2.89 bits per heavy atom. The van der Waals surface area contributed by atoms with Crippen LogP contribution in [0.15, 0.2) is 73.1 Å². The van der Waals surface area contributed by atoms with Gasteiger partial charge in [-0.25, -0.2) is 9.50 Å². The Bertz CT molecular complexity index is 1070. The van der Waals surface area contributed by atoms with Crippen molar-refractivity contribution >= 4 is 17.4 Å². The Hall–Kier alpha value is -3.60. The fraction of sp³-hybridized carbons (Fsp3) is 0.0909. The number of benzene rings is 2. The lowest BCUT2D eigenvalue weighted by molar-refractivity contribution is 0.415. The van der Waals surface area contributed by atoms with Crippen molar-refractivity contribution in [1.82, 2.24) is 14.6 Å². The van der Waals surface area contributed by atoms with E-state index in [0.717, 1.165) is 34.8 Å². The molecule has 0 aliphatic rings. The number of nitrogens with one attached hydrogen (secondary N) is 1. The molecule has 1 N–H and O–H groups in total. The van der Waals surface area contributed by atoms with Crippen molar-refractivity contribution in [2.75, 3.05) is 19.0 Å². The molecule has 0 unspecified atom stereocenters. The van der Waals surface area contributed by atoms with Crippen molar-refractivity contribution in [3.8, 4) is 17.0 Å². The average molecular weight is 355 g/mol. The van der Waals surface area contributed by atoms with Gasteiger partial charge in [0.05, 0.1) is 25.1 Å². The number of aromatic nitrogens is 3. The molecule has 1 radical (unpaired) electrons. The minimum Gasteiger partial charge on any atom is -0.497 e. The molecule has 0 aliphatic heterocycles. The summed E-state index contributed by atoms with van der Waals surface area (Å²) in [6.45, 7) is 0.733. The Balaban J connectivity index is 1.45. The largest absolute Gasteiger partial charge is 0.497 e. The third kappa shape index (κ3) is 3.82. The summed E-state index contributed by atoms with van der Waals surface area (Å²) in [5, 5.41) is 7.73. The van der Waals surface area contributed by atoms with Crippen molar-refractivity contribution < 1.29 is 4.74 Å². The molecule has 0 fully saturated rings. The molecule has 0 bridgehead atoms. The lowest BCUT2D eigenvalue weighted by Gasteiger charge is -2.08. The molecule has 5 heteroatoms. The number of rotatable bonds is 6. The molecule has 0 aliphatic carbocycles. The number of hydrogen-bond donors (Lipinski definition) is 1. The van der Waals surface area contributed by atoms with Gasteiger partial charge in [0.1, 0.15) is 5.75 Å². The lowest BCUT2D eigenvalue weighted by Crippen LogP contribution is -1.99. The first-order valence-electron chi connectivity index (χ1n) is 8.69. The van der Waals surface area contributed by atoms with Crippen LogP contribution in [0.25, 0.3) is 23.0 Å². The number of ether oxygens (including phenoxy) is 1. The predicted octanol–water partition coefficient (Wildman–Crippen LogP) is 4.33. The van der Waals surface area contributed by atoms with E-state index < -0.39 is 0 Å². The maximum atomic E-state index is 5.17. The van der Waals surface area contributed by atoms with Crippen molar-refractivity contribution in [1.29, 1.82) is 0 Å². The Kier molecular flexibility index (Phi) is 4.83. The van der Waals surface area contributed by atoms with E-state index in [9.17, 15) is 0 Å². The highest BCUT2D eigenvalue weighted by atomic mass is 16.5. The van der Waals surface area contributed by atoms with E-state index in [2.05, 4.69) is 51.8 Å². The van der Waals surface area contributed by atoms with Crippen molar-refractivity contribution in [2.24, 2.45) is 0 Å². The zero-order valence-electron chi connectivity index (χ0n) is 15.0. The summed E-state index contributed by atoms with van der Waals surface area (Å²) < 4.78 is 6.97. The summed E-state index contributed by atoms with van der Waals surface area (Å²) in [4.78, 5) is 4.26. The van der Waals surface area contributed by atoms with Gasteiger partial charge in [0.15, 0.2) is 5.65 Å². The van der Waals surface area contributed by atoms with Crippen LogP contribution in [-0.4, -0.2) is 28.3 Å².